The standard InChI is InChI=1S/C27H38N2O4/c1-8-24(27(31)28-15-18(2)3)29(16-22-9-11-23(32-7)12-10-22)26(30)17-33-25-14-19(4)13-20(5)21(25)6/h9-14,18,24H,8,15-17H2,1-7H3,(H,28,31)/t24-/m1/s1. The Labute approximate surface area is 198 Å². The van der Waals surface area contributed by atoms with Gasteiger partial charge in [0, 0.05) is 13.1 Å². The number of methoxy groups -OCH3 is 1. The molecule has 0 aliphatic rings. The number of nitrogens with zero attached hydrogens (tertiary/aromatic N) is 1. The molecule has 1 atom stereocenters. The molecule has 1 N–H and O–H groups in total. The minimum absolute atomic E-state index is 0.131. The molecule has 6 heteroatoms. The van der Waals surface area contributed by atoms with Crippen molar-refractivity contribution in [1.29, 1.82) is 0 Å². The zero-order valence-electron chi connectivity index (χ0n) is 21.0. The molecule has 0 aromatic heterocycles. The van der Waals surface area contributed by atoms with Gasteiger partial charge in [0.2, 0.25) is 5.91 Å². The summed E-state index contributed by atoms with van der Waals surface area (Å²) in [7, 11) is 1.61. The first-order valence-corrected chi connectivity index (χ1v) is 11.6. The van der Waals surface area contributed by atoms with Crippen molar-refractivity contribution in [3.05, 3.63) is 58.7 Å². The van der Waals surface area contributed by atoms with E-state index >= 15 is 0 Å². The predicted molar refractivity (Wildman–Crippen MR) is 132 cm³/mol. The maximum Gasteiger partial charge on any atom is 0.261 e. The first-order valence-electron chi connectivity index (χ1n) is 11.6. The highest BCUT2D eigenvalue weighted by Gasteiger charge is 2.29. The van der Waals surface area contributed by atoms with Gasteiger partial charge in [0.05, 0.1) is 7.11 Å². The van der Waals surface area contributed by atoms with Crippen LogP contribution in [0.5, 0.6) is 11.5 Å². The van der Waals surface area contributed by atoms with Crippen LogP contribution >= 0.6 is 0 Å². The van der Waals surface area contributed by atoms with Crippen molar-refractivity contribution in [2.75, 3.05) is 20.3 Å². The van der Waals surface area contributed by atoms with E-state index < -0.39 is 6.04 Å². The van der Waals surface area contributed by atoms with Crippen LogP contribution in [0.15, 0.2) is 36.4 Å². The molecule has 0 aliphatic heterocycles. The summed E-state index contributed by atoms with van der Waals surface area (Å²) >= 11 is 0. The quantitative estimate of drug-likeness (QED) is 0.540. The molecule has 0 spiro atoms. The van der Waals surface area contributed by atoms with Crippen LogP contribution in [0.1, 0.15) is 49.4 Å². The molecule has 0 fully saturated rings. The second-order valence-corrected chi connectivity index (χ2v) is 8.93. The van der Waals surface area contributed by atoms with Gasteiger partial charge in [-0.15, -0.1) is 0 Å². The summed E-state index contributed by atoms with van der Waals surface area (Å²) in [6, 6.07) is 11.0. The number of carbonyl (C=O) groups is 2. The van der Waals surface area contributed by atoms with Crippen LogP contribution in [0.25, 0.3) is 0 Å². The van der Waals surface area contributed by atoms with Crippen LogP contribution in [-0.2, 0) is 16.1 Å². The van der Waals surface area contributed by atoms with Crippen molar-refractivity contribution in [2.45, 2.75) is 60.5 Å². The number of aryl methyl sites for hydroxylation is 2. The molecular weight excluding hydrogens is 416 g/mol. The summed E-state index contributed by atoms with van der Waals surface area (Å²) in [6.45, 7) is 12.8. The number of nitrogens with one attached hydrogen (secondary N) is 1. The van der Waals surface area contributed by atoms with Gasteiger partial charge in [0.1, 0.15) is 17.5 Å². The van der Waals surface area contributed by atoms with Crippen LogP contribution in [-0.4, -0.2) is 43.0 Å². The SMILES string of the molecule is CC[C@H](C(=O)NCC(C)C)N(Cc1ccc(OC)cc1)C(=O)COc1cc(C)cc(C)c1C. The number of rotatable bonds is 11. The van der Waals surface area contributed by atoms with Gasteiger partial charge < -0.3 is 19.7 Å². The van der Waals surface area contributed by atoms with E-state index in [-0.39, 0.29) is 18.4 Å². The monoisotopic (exact) mass is 454 g/mol. The molecule has 2 amide bonds. The van der Waals surface area contributed by atoms with Crippen molar-refractivity contribution >= 4 is 11.8 Å². The van der Waals surface area contributed by atoms with Crippen molar-refractivity contribution < 1.29 is 19.1 Å². The molecule has 0 radical (unpaired) electrons. The molecule has 33 heavy (non-hydrogen) atoms. The average Bonchev–Trinajstić information content (AvgIpc) is 2.79. The third-order valence-corrected chi connectivity index (χ3v) is 5.70. The maximum absolute atomic E-state index is 13.4. The van der Waals surface area contributed by atoms with Gasteiger partial charge in [0.25, 0.3) is 5.91 Å². The molecule has 2 aromatic rings. The Morgan fingerprint density at radius 2 is 1.73 bits per heavy atom. The van der Waals surface area contributed by atoms with Crippen LogP contribution in [0.2, 0.25) is 0 Å². The molecular formula is C27H38N2O4. The van der Waals surface area contributed by atoms with Crippen molar-refractivity contribution in [2.24, 2.45) is 5.92 Å². The van der Waals surface area contributed by atoms with Gasteiger partial charge in [-0.2, -0.15) is 0 Å². The van der Waals surface area contributed by atoms with Gasteiger partial charge >= 0.3 is 0 Å². The Bertz CT molecular complexity index is 938. The number of hydrogen-bond donors (Lipinski definition) is 1. The second-order valence-electron chi connectivity index (χ2n) is 8.93. The lowest BCUT2D eigenvalue weighted by molar-refractivity contribution is -0.143. The molecule has 2 rings (SSSR count). The summed E-state index contributed by atoms with van der Waals surface area (Å²) < 4.78 is 11.2. The number of carbonyl (C=O) groups excluding carboxylic acids is 2. The fourth-order valence-corrected chi connectivity index (χ4v) is 3.64. The largest absolute Gasteiger partial charge is 0.497 e. The van der Waals surface area contributed by atoms with E-state index in [1.54, 1.807) is 12.0 Å². The molecule has 0 saturated heterocycles. The normalized spacial score (nSPS) is 11.8. The van der Waals surface area contributed by atoms with Gasteiger partial charge in [-0.25, -0.2) is 0 Å². The lowest BCUT2D eigenvalue weighted by Crippen LogP contribution is -2.50. The van der Waals surface area contributed by atoms with E-state index in [2.05, 4.69) is 11.4 Å². The van der Waals surface area contributed by atoms with Crippen LogP contribution in [0, 0.1) is 26.7 Å². The van der Waals surface area contributed by atoms with E-state index in [1.165, 1.54) is 0 Å². The number of benzene rings is 2. The molecule has 0 bridgehead atoms. The van der Waals surface area contributed by atoms with E-state index in [0.29, 0.717) is 31.2 Å². The number of amides is 2. The van der Waals surface area contributed by atoms with Gasteiger partial charge in [-0.05, 0) is 73.6 Å². The summed E-state index contributed by atoms with van der Waals surface area (Å²) in [5, 5.41) is 2.98. The highest BCUT2D eigenvalue weighted by Crippen LogP contribution is 2.24. The number of ether oxygens (including phenoxy) is 2. The zero-order valence-corrected chi connectivity index (χ0v) is 21.0. The second kappa shape index (κ2) is 12.3. The van der Waals surface area contributed by atoms with Crippen LogP contribution in [0.3, 0.4) is 0 Å². The van der Waals surface area contributed by atoms with Gasteiger partial charge in [0.15, 0.2) is 6.61 Å². The number of hydrogen-bond acceptors (Lipinski definition) is 4. The zero-order chi connectivity index (χ0) is 24.5. The van der Waals surface area contributed by atoms with Gasteiger partial charge in [-0.1, -0.05) is 39.0 Å². The topological polar surface area (TPSA) is 67.9 Å². The first-order chi connectivity index (χ1) is 15.7. The summed E-state index contributed by atoms with van der Waals surface area (Å²) in [5.74, 6) is 1.40. The Hall–Kier alpha value is -3.02. The lowest BCUT2D eigenvalue weighted by Gasteiger charge is -2.31. The average molecular weight is 455 g/mol. The fraction of sp³-hybridized carbons (Fsp3) is 0.481. The first kappa shape index (κ1) is 26.2. The van der Waals surface area contributed by atoms with Gasteiger partial charge in [-0.3, -0.25) is 9.59 Å². The predicted octanol–water partition coefficient (Wildman–Crippen LogP) is 4.58. The third-order valence-electron chi connectivity index (χ3n) is 5.70. The Kier molecular flexibility index (Phi) is 9.76. The molecule has 0 saturated carbocycles. The molecule has 0 unspecified atom stereocenters. The molecule has 0 heterocycles. The van der Waals surface area contributed by atoms with Crippen molar-refractivity contribution in [3.8, 4) is 11.5 Å². The smallest absolute Gasteiger partial charge is 0.261 e. The molecule has 180 valence electrons. The Morgan fingerprint density at radius 1 is 1.06 bits per heavy atom. The third kappa shape index (κ3) is 7.52. The van der Waals surface area contributed by atoms with Crippen LogP contribution < -0.4 is 14.8 Å². The van der Waals surface area contributed by atoms with E-state index in [9.17, 15) is 9.59 Å². The molecule has 0 aliphatic carbocycles. The van der Waals surface area contributed by atoms with E-state index in [4.69, 9.17) is 9.47 Å². The van der Waals surface area contributed by atoms with Crippen molar-refractivity contribution in [3.63, 3.8) is 0 Å². The van der Waals surface area contributed by atoms with E-state index in [0.717, 1.165) is 28.0 Å². The summed E-state index contributed by atoms with van der Waals surface area (Å²) in [6.07, 6.45) is 0.508. The summed E-state index contributed by atoms with van der Waals surface area (Å²) in [4.78, 5) is 28.0. The summed E-state index contributed by atoms with van der Waals surface area (Å²) in [5.41, 5.74) is 4.13. The maximum atomic E-state index is 13.4. The lowest BCUT2D eigenvalue weighted by atomic mass is 10.1. The fourth-order valence-electron chi connectivity index (χ4n) is 3.64. The van der Waals surface area contributed by atoms with E-state index in [1.807, 2.05) is 71.9 Å². The highest BCUT2D eigenvalue weighted by atomic mass is 16.5. The Morgan fingerprint density at radius 3 is 2.30 bits per heavy atom. The Balaban J connectivity index is 2.25. The minimum atomic E-state index is -0.581. The molecule has 2 aromatic carbocycles. The molecule has 6 nitrogen and oxygen atoms in total. The van der Waals surface area contributed by atoms with Crippen molar-refractivity contribution in [1.82, 2.24) is 10.2 Å². The highest BCUT2D eigenvalue weighted by molar-refractivity contribution is 5.88. The van der Waals surface area contributed by atoms with Crippen LogP contribution in [0.4, 0.5) is 0 Å². The minimum Gasteiger partial charge on any atom is -0.497 e.